The number of anilines is 1. The molecule has 2 heterocycles. The lowest BCUT2D eigenvalue weighted by Gasteiger charge is -2.07. The highest BCUT2D eigenvalue weighted by Crippen LogP contribution is 2.37. The minimum atomic E-state index is 0.539. The molecular weight excluding hydrogens is 260 g/mol. The number of aromatic nitrogens is 3. The monoisotopic (exact) mass is 278 g/mol. The van der Waals surface area contributed by atoms with Crippen molar-refractivity contribution in [3.05, 3.63) is 48.5 Å². The highest BCUT2D eigenvalue weighted by atomic mass is 15.1. The number of nitrogens with zero attached hydrogens (tertiary/aromatic N) is 3. The average Bonchev–Trinajstić information content (AvgIpc) is 3.16. The molecule has 0 unspecified atom stereocenters. The molecule has 4 nitrogen and oxygen atoms in total. The Bertz CT molecular complexity index is 770. The number of nitrogen functional groups attached to an aromatic ring is 1. The van der Waals surface area contributed by atoms with Gasteiger partial charge in [-0.2, -0.15) is 0 Å². The minimum absolute atomic E-state index is 0.539. The molecule has 1 aliphatic carbocycles. The maximum absolute atomic E-state index is 6.13. The number of rotatable bonds is 2. The van der Waals surface area contributed by atoms with E-state index in [1.807, 2.05) is 24.4 Å². The van der Waals surface area contributed by atoms with Gasteiger partial charge in [-0.15, -0.1) is 0 Å². The second kappa shape index (κ2) is 4.88. The van der Waals surface area contributed by atoms with Crippen LogP contribution in [0.15, 0.2) is 42.7 Å². The summed E-state index contributed by atoms with van der Waals surface area (Å²) in [4.78, 5) is 9.20. The number of imidazole rings is 1. The quantitative estimate of drug-likeness (QED) is 0.778. The fourth-order valence-corrected chi connectivity index (χ4v) is 3.36. The normalized spacial score (nSPS) is 15.8. The van der Waals surface area contributed by atoms with Gasteiger partial charge in [-0.05, 0) is 12.8 Å². The van der Waals surface area contributed by atoms with Crippen molar-refractivity contribution in [2.45, 2.75) is 31.6 Å². The van der Waals surface area contributed by atoms with Gasteiger partial charge in [-0.1, -0.05) is 43.2 Å². The van der Waals surface area contributed by atoms with E-state index in [0.717, 1.165) is 22.6 Å². The Balaban J connectivity index is 1.98. The van der Waals surface area contributed by atoms with E-state index in [9.17, 15) is 0 Å². The summed E-state index contributed by atoms with van der Waals surface area (Å²) in [5, 5.41) is 0. The van der Waals surface area contributed by atoms with Crippen molar-refractivity contribution in [2.75, 3.05) is 5.73 Å². The molecule has 0 bridgehead atoms. The largest absolute Gasteiger partial charge is 0.382 e. The van der Waals surface area contributed by atoms with Crippen LogP contribution in [0.3, 0.4) is 0 Å². The first kappa shape index (κ1) is 12.4. The molecule has 0 atom stereocenters. The van der Waals surface area contributed by atoms with Gasteiger partial charge >= 0.3 is 0 Å². The predicted molar refractivity (Wildman–Crippen MR) is 84.0 cm³/mol. The Kier molecular flexibility index (Phi) is 2.88. The molecule has 2 N–H and O–H groups in total. The van der Waals surface area contributed by atoms with Crippen LogP contribution < -0.4 is 5.73 Å². The molecule has 1 fully saturated rings. The highest BCUT2D eigenvalue weighted by Gasteiger charge is 2.24. The molecule has 21 heavy (non-hydrogen) atoms. The zero-order valence-corrected chi connectivity index (χ0v) is 11.9. The van der Waals surface area contributed by atoms with Crippen LogP contribution in [0.25, 0.3) is 16.8 Å². The van der Waals surface area contributed by atoms with Crippen molar-refractivity contribution in [2.24, 2.45) is 0 Å². The molecule has 0 spiro atoms. The molecule has 2 aromatic heterocycles. The lowest BCUT2D eigenvalue weighted by atomic mass is 10.1. The molecule has 3 aromatic rings. The third-order valence-corrected chi connectivity index (χ3v) is 4.38. The summed E-state index contributed by atoms with van der Waals surface area (Å²) in [6, 6.07) is 10.2. The minimum Gasteiger partial charge on any atom is -0.382 e. The van der Waals surface area contributed by atoms with E-state index < -0.39 is 0 Å². The van der Waals surface area contributed by atoms with Gasteiger partial charge in [-0.25, -0.2) is 9.97 Å². The Morgan fingerprint density at radius 1 is 1.10 bits per heavy atom. The number of nitrogens with two attached hydrogens (primary N) is 1. The fourth-order valence-electron chi connectivity index (χ4n) is 3.36. The van der Waals surface area contributed by atoms with E-state index in [2.05, 4.69) is 21.5 Å². The molecule has 0 amide bonds. The summed E-state index contributed by atoms with van der Waals surface area (Å²) < 4.78 is 2.14. The van der Waals surface area contributed by atoms with E-state index >= 15 is 0 Å². The van der Waals surface area contributed by atoms with Gasteiger partial charge in [-0.3, -0.25) is 4.40 Å². The van der Waals surface area contributed by atoms with Crippen LogP contribution in [0.1, 0.15) is 37.4 Å². The summed E-state index contributed by atoms with van der Waals surface area (Å²) >= 11 is 0. The first-order valence-electron chi connectivity index (χ1n) is 7.52. The van der Waals surface area contributed by atoms with Gasteiger partial charge in [0.2, 0.25) is 0 Å². The number of hydrogen-bond donors (Lipinski definition) is 1. The third kappa shape index (κ3) is 1.98. The summed E-state index contributed by atoms with van der Waals surface area (Å²) in [6.07, 6.45) is 8.77. The molecule has 106 valence electrons. The van der Waals surface area contributed by atoms with Gasteiger partial charge < -0.3 is 5.73 Å². The molecular formula is C17H18N4. The zero-order valence-electron chi connectivity index (χ0n) is 11.9. The van der Waals surface area contributed by atoms with Crippen LogP contribution in [0.5, 0.6) is 0 Å². The van der Waals surface area contributed by atoms with Crippen molar-refractivity contribution >= 4 is 11.3 Å². The van der Waals surface area contributed by atoms with Gasteiger partial charge in [0.1, 0.15) is 22.9 Å². The summed E-state index contributed by atoms with van der Waals surface area (Å²) in [6.45, 7) is 0. The van der Waals surface area contributed by atoms with E-state index in [1.54, 1.807) is 6.20 Å². The van der Waals surface area contributed by atoms with Gasteiger partial charge in [0.05, 0.1) is 0 Å². The molecule has 1 saturated carbocycles. The van der Waals surface area contributed by atoms with E-state index in [0.29, 0.717) is 11.7 Å². The van der Waals surface area contributed by atoms with E-state index in [-0.39, 0.29) is 0 Å². The van der Waals surface area contributed by atoms with Crippen LogP contribution in [0.2, 0.25) is 0 Å². The standard InChI is InChI=1S/C17H18N4/c18-16-15-14(12-6-2-1-3-7-12)20-17(13-8-4-5-9-13)21(15)11-10-19-16/h1-3,6-7,10-11,13H,4-5,8-9H2,(H2,18,19). The van der Waals surface area contributed by atoms with Gasteiger partial charge in [0.15, 0.2) is 0 Å². The zero-order chi connectivity index (χ0) is 14.2. The smallest absolute Gasteiger partial charge is 0.150 e. The van der Waals surface area contributed by atoms with Gasteiger partial charge in [0, 0.05) is 23.9 Å². The number of hydrogen-bond acceptors (Lipinski definition) is 3. The summed E-state index contributed by atoms with van der Waals surface area (Å²) in [7, 11) is 0. The van der Waals surface area contributed by atoms with E-state index in [4.69, 9.17) is 10.7 Å². The van der Waals surface area contributed by atoms with Crippen molar-refractivity contribution in [3.8, 4) is 11.3 Å². The lowest BCUT2D eigenvalue weighted by Crippen LogP contribution is -2.01. The van der Waals surface area contributed by atoms with Crippen molar-refractivity contribution < 1.29 is 0 Å². The Morgan fingerprint density at radius 2 is 1.86 bits per heavy atom. The second-order valence-corrected chi connectivity index (χ2v) is 5.70. The fraction of sp³-hybridized carbons (Fsp3) is 0.294. The first-order valence-corrected chi connectivity index (χ1v) is 7.52. The molecule has 0 aliphatic heterocycles. The van der Waals surface area contributed by atoms with Crippen LogP contribution in [0.4, 0.5) is 5.82 Å². The Hall–Kier alpha value is -2.36. The molecule has 4 heteroatoms. The maximum Gasteiger partial charge on any atom is 0.150 e. The Morgan fingerprint density at radius 3 is 2.62 bits per heavy atom. The first-order chi connectivity index (χ1) is 10.3. The third-order valence-electron chi connectivity index (χ3n) is 4.38. The van der Waals surface area contributed by atoms with Crippen LogP contribution in [-0.4, -0.2) is 14.4 Å². The van der Waals surface area contributed by atoms with Crippen molar-refractivity contribution in [1.29, 1.82) is 0 Å². The van der Waals surface area contributed by atoms with Gasteiger partial charge in [0.25, 0.3) is 0 Å². The number of benzene rings is 1. The Labute approximate surface area is 123 Å². The summed E-state index contributed by atoms with van der Waals surface area (Å²) in [5.74, 6) is 2.22. The molecule has 1 aliphatic rings. The molecule has 1 aromatic carbocycles. The van der Waals surface area contributed by atoms with E-state index in [1.165, 1.54) is 25.7 Å². The maximum atomic E-state index is 6.13. The SMILES string of the molecule is Nc1nccn2c(C3CCCC3)nc(-c3ccccc3)c12. The highest BCUT2D eigenvalue weighted by molar-refractivity contribution is 5.85. The van der Waals surface area contributed by atoms with Crippen molar-refractivity contribution in [1.82, 2.24) is 14.4 Å². The second-order valence-electron chi connectivity index (χ2n) is 5.70. The topological polar surface area (TPSA) is 56.2 Å². The number of fused-ring (bicyclic) bond motifs is 1. The molecule has 4 rings (SSSR count). The molecule has 0 radical (unpaired) electrons. The van der Waals surface area contributed by atoms with Crippen LogP contribution in [0, 0.1) is 0 Å². The van der Waals surface area contributed by atoms with Crippen molar-refractivity contribution in [3.63, 3.8) is 0 Å². The summed E-state index contributed by atoms with van der Waals surface area (Å²) in [5.41, 5.74) is 9.11. The van der Waals surface area contributed by atoms with Crippen LogP contribution in [-0.2, 0) is 0 Å². The lowest BCUT2D eigenvalue weighted by molar-refractivity contribution is 0.665. The molecule has 0 saturated heterocycles. The van der Waals surface area contributed by atoms with Crippen LogP contribution >= 0.6 is 0 Å². The average molecular weight is 278 g/mol. The predicted octanol–water partition coefficient (Wildman–Crippen LogP) is 3.64.